The quantitative estimate of drug-likeness (QED) is 0.806. The maximum absolute atomic E-state index is 12.2. The number of hydrogen-bond acceptors (Lipinski definition) is 3. The number of nitrogens with zero attached hydrogens (tertiary/aromatic N) is 1. The maximum atomic E-state index is 12.2. The van der Waals surface area contributed by atoms with Gasteiger partial charge in [-0.2, -0.15) is 0 Å². The zero-order chi connectivity index (χ0) is 14.2. The Morgan fingerprint density at radius 3 is 2.58 bits per heavy atom. The molecule has 1 aromatic carbocycles. The molecule has 0 spiro atoms. The average molecular weight is 262 g/mol. The van der Waals surface area contributed by atoms with Crippen LogP contribution in [0, 0.1) is 18.8 Å². The van der Waals surface area contributed by atoms with Gasteiger partial charge in [-0.05, 0) is 30.7 Å². The van der Waals surface area contributed by atoms with Crippen LogP contribution in [0.1, 0.15) is 22.8 Å². The molecule has 2 rings (SSSR count). The number of aryl methyl sites for hydroxylation is 1. The summed E-state index contributed by atoms with van der Waals surface area (Å²) in [4.78, 5) is 24.7. The van der Waals surface area contributed by atoms with Crippen molar-refractivity contribution in [3.63, 3.8) is 0 Å². The number of amides is 1. The molecular formula is C14H18N2O3. The number of anilines is 1. The van der Waals surface area contributed by atoms with Crippen molar-refractivity contribution in [3.8, 4) is 0 Å². The van der Waals surface area contributed by atoms with E-state index in [4.69, 9.17) is 10.8 Å². The predicted octanol–water partition coefficient (Wildman–Crippen LogP) is 1.37. The van der Waals surface area contributed by atoms with Crippen molar-refractivity contribution in [2.45, 2.75) is 13.8 Å². The summed E-state index contributed by atoms with van der Waals surface area (Å²) >= 11 is 0. The van der Waals surface area contributed by atoms with Crippen LogP contribution in [0.25, 0.3) is 0 Å². The molecule has 1 heterocycles. The van der Waals surface area contributed by atoms with E-state index in [-0.39, 0.29) is 11.8 Å². The van der Waals surface area contributed by atoms with Crippen LogP contribution in [0.2, 0.25) is 0 Å². The largest absolute Gasteiger partial charge is 0.481 e. The van der Waals surface area contributed by atoms with Crippen molar-refractivity contribution in [3.05, 3.63) is 29.3 Å². The minimum Gasteiger partial charge on any atom is -0.481 e. The lowest BCUT2D eigenvalue weighted by atomic mass is 9.86. The molecule has 19 heavy (non-hydrogen) atoms. The number of hydrogen-bond donors (Lipinski definition) is 2. The fourth-order valence-corrected chi connectivity index (χ4v) is 2.19. The normalized spacial score (nSPS) is 16.8. The Labute approximate surface area is 112 Å². The van der Waals surface area contributed by atoms with E-state index in [9.17, 15) is 9.59 Å². The van der Waals surface area contributed by atoms with Gasteiger partial charge in [0.05, 0.1) is 5.92 Å². The van der Waals surface area contributed by atoms with E-state index in [1.165, 1.54) is 0 Å². The number of carboxylic acids is 1. The van der Waals surface area contributed by atoms with Gasteiger partial charge in [0.15, 0.2) is 0 Å². The van der Waals surface area contributed by atoms with Crippen molar-refractivity contribution in [1.82, 2.24) is 4.90 Å². The summed E-state index contributed by atoms with van der Waals surface area (Å²) in [5, 5.41) is 8.91. The SMILES string of the molecule is Cc1cc(C(=O)N2CC(C(C)C(=O)O)C2)ccc1N. The summed E-state index contributed by atoms with van der Waals surface area (Å²) in [5.74, 6) is -1.22. The van der Waals surface area contributed by atoms with E-state index in [0.29, 0.717) is 24.3 Å². The molecule has 0 aliphatic carbocycles. The Bertz CT molecular complexity index is 521. The molecule has 1 atom stereocenters. The molecular weight excluding hydrogens is 244 g/mol. The number of benzene rings is 1. The van der Waals surface area contributed by atoms with Crippen LogP contribution in [0.5, 0.6) is 0 Å². The first-order chi connectivity index (χ1) is 8.90. The first-order valence-corrected chi connectivity index (χ1v) is 6.28. The Balaban J connectivity index is 2.00. The number of carboxylic acid groups (broad SMARTS) is 1. The van der Waals surface area contributed by atoms with Crippen LogP contribution in [0.4, 0.5) is 5.69 Å². The lowest BCUT2D eigenvalue weighted by Crippen LogP contribution is -2.53. The second-order valence-electron chi connectivity index (χ2n) is 5.17. The topological polar surface area (TPSA) is 83.6 Å². The lowest BCUT2D eigenvalue weighted by Gasteiger charge is -2.41. The van der Waals surface area contributed by atoms with Crippen LogP contribution in [-0.2, 0) is 4.79 Å². The smallest absolute Gasteiger partial charge is 0.306 e. The summed E-state index contributed by atoms with van der Waals surface area (Å²) < 4.78 is 0. The second-order valence-corrected chi connectivity index (χ2v) is 5.17. The van der Waals surface area contributed by atoms with Gasteiger partial charge in [0, 0.05) is 30.3 Å². The minimum absolute atomic E-state index is 0.0522. The number of likely N-dealkylation sites (tertiary alicyclic amines) is 1. The number of aliphatic carboxylic acids is 1. The van der Waals surface area contributed by atoms with Gasteiger partial charge in [0.25, 0.3) is 5.91 Å². The van der Waals surface area contributed by atoms with E-state index in [2.05, 4.69) is 0 Å². The molecule has 102 valence electrons. The van der Waals surface area contributed by atoms with E-state index >= 15 is 0 Å². The Hall–Kier alpha value is -2.04. The number of carbonyl (C=O) groups is 2. The summed E-state index contributed by atoms with van der Waals surface area (Å²) in [6.07, 6.45) is 0. The Morgan fingerprint density at radius 1 is 1.42 bits per heavy atom. The minimum atomic E-state index is -0.805. The summed E-state index contributed by atoms with van der Waals surface area (Å²) in [6, 6.07) is 5.20. The standard InChI is InChI=1S/C14H18N2O3/c1-8-5-10(3-4-12(8)15)13(17)16-6-11(7-16)9(2)14(18)19/h3-5,9,11H,6-7,15H2,1-2H3,(H,18,19). The highest BCUT2D eigenvalue weighted by Gasteiger charge is 2.37. The van der Waals surface area contributed by atoms with E-state index in [0.717, 1.165) is 5.56 Å². The fourth-order valence-electron chi connectivity index (χ4n) is 2.19. The molecule has 1 amide bonds. The van der Waals surface area contributed by atoms with Crippen LogP contribution < -0.4 is 5.73 Å². The zero-order valence-corrected chi connectivity index (χ0v) is 11.1. The van der Waals surface area contributed by atoms with Gasteiger partial charge in [-0.1, -0.05) is 6.92 Å². The molecule has 3 N–H and O–H groups in total. The highest BCUT2D eigenvalue weighted by Crippen LogP contribution is 2.26. The maximum Gasteiger partial charge on any atom is 0.306 e. The highest BCUT2D eigenvalue weighted by molar-refractivity contribution is 5.95. The van der Waals surface area contributed by atoms with Gasteiger partial charge in [-0.3, -0.25) is 9.59 Å². The zero-order valence-electron chi connectivity index (χ0n) is 11.1. The summed E-state index contributed by atoms with van der Waals surface area (Å²) in [7, 11) is 0. The third-order valence-corrected chi connectivity index (χ3v) is 3.81. The van der Waals surface area contributed by atoms with E-state index in [1.807, 2.05) is 6.92 Å². The van der Waals surface area contributed by atoms with Crippen molar-refractivity contribution in [2.24, 2.45) is 11.8 Å². The number of nitrogen functional groups attached to an aromatic ring is 1. The van der Waals surface area contributed by atoms with Gasteiger partial charge in [-0.25, -0.2) is 0 Å². The molecule has 5 heteroatoms. The molecule has 1 aliphatic rings. The first kappa shape index (κ1) is 13.4. The summed E-state index contributed by atoms with van der Waals surface area (Å²) in [6.45, 7) is 4.56. The average Bonchev–Trinajstić information content (AvgIpc) is 2.30. The molecule has 5 nitrogen and oxygen atoms in total. The Morgan fingerprint density at radius 2 is 2.05 bits per heavy atom. The molecule has 0 radical (unpaired) electrons. The van der Waals surface area contributed by atoms with E-state index < -0.39 is 11.9 Å². The summed E-state index contributed by atoms with van der Waals surface area (Å²) in [5.41, 5.74) is 7.86. The van der Waals surface area contributed by atoms with Crippen LogP contribution in [-0.4, -0.2) is 35.0 Å². The predicted molar refractivity (Wildman–Crippen MR) is 71.8 cm³/mol. The molecule has 1 fully saturated rings. The molecule has 0 saturated carbocycles. The van der Waals surface area contributed by atoms with Crippen LogP contribution in [0.15, 0.2) is 18.2 Å². The first-order valence-electron chi connectivity index (χ1n) is 6.28. The number of nitrogens with two attached hydrogens (primary N) is 1. The van der Waals surface area contributed by atoms with Gasteiger partial charge in [0.2, 0.25) is 0 Å². The molecule has 0 aromatic heterocycles. The molecule has 0 bridgehead atoms. The van der Waals surface area contributed by atoms with Crippen molar-refractivity contribution in [2.75, 3.05) is 18.8 Å². The fraction of sp³-hybridized carbons (Fsp3) is 0.429. The van der Waals surface area contributed by atoms with Gasteiger partial charge >= 0.3 is 5.97 Å². The van der Waals surface area contributed by atoms with Crippen molar-refractivity contribution < 1.29 is 14.7 Å². The molecule has 1 aromatic rings. The monoisotopic (exact) mass is 262 g/mol. The molecule has 1 saturated heterocycles. The van der Waals surface area contributed by atoms with Gasteiger partial charge in [0.1, 0.15) is 0 Å². The van der Waals surface area contributed by atoms with E-state index in [1.54, 1.807) is 30.0 Å². The van der Waals surface area contributed by atoms with Gasteiger partial charge < -0.3 is 15.7 Å². The third kappa shape index (κ3) is 2.54. The lowest BCUT2D eigenvalue weighted by molar-refractivity contribution is -0.144. The second kappa shape index (κ2) is 4.91. The number of carbonyl (C=O) groups excluding carboxylic acids is 1. The Kier molecular flexibility index (Phi) is 3.46. The van der Waals surface area contributed by atoms with Crippen LogP contribution >= 0.6 is 0 Å². The molecule has 1 unspecified atom stereocenters. The number of rotatable bonds is 3. The van der Waals surface area contributed by atoms with Gasteiger partial charge in [-0.15, -0.1) is 0 Å². The van der Waals surface area contributed by atoms with Crippen molar-refractivity contribution >= 4 is 17.6 Å². The third-order valence-electron chi connectivity index (χ3n) is 3.81. The van der Waals surface area contributed by atoms with Crippen molar-refractivity contribution in [1.29, 1.82) is 0 Å². The highest BCUT2D eigenvalue weighted by atomic mass is 16.4. The molecule has 1 aliphatic heterocycles. The van der Waals surface area contributed by atoms with Crippen LogP contribution in [0.3, 0.4) is 0 Å².